The van der Waals surface area contributed by atoms with Gasteiger partial charge in [0.2, 0.25) is 10.0 Å². The molecule has 0 unspecified atom stereocenters. The molecule has 2 aromatic carbocycles. The summed E-state index contributed by atoms with van der Waals surface area (Å²) in [4.78, 5) is 24.0. The van der Waals surface area contributed by atoms with Gasteiger partial charge in [0, 0.05) is 0 Å². The highest BCUT2D eigenvalue weighted by molar-refractivity contribution is 7.89. The molecule has 156 valence electrons. The van der Waals surface area contributed by atoms with Crippen LogP contribution in [0.4, 0.5) is 0 Å². The lowest BCUT2D eigenvalue weighted by Gasteiger charge is -2.17. The van der Waals surface area contributed by atoms with Crippen LogP contribution in [0.1, 0.15) is 36.1 Å². The second-order valence-corrected chi connectivity index (χ2v) is 8.50. The second-order valence-electron chi connectivity index (χ2n) is 6.74. The van der Waals surface area contributed by atoms with Gasteiger partial charge in [0.15, 0.2) is 6.61 Å². The summed E-state index contributed by atoms with van der Waals surface area (Å²) in [5.41, 5.74) is 3.01. The minimum absolute atomic E-state index is 0.0533. The van der Waals surface area contributed by atoms with Crippen LogP contribution in [-0.2, 0) is 24.3 Å². The summed E-state index contributed by atoms with van der Waals surface area (Å²) in [6.07, 6.45) is 0.680. The van der Waals surface area contributed by atoms with Gasteiger partial charge < -0.3 is 10.1 Å². The van der Waals surface area contributed by atoms with Gasteiger partial charge in [-0.05, 0) is 38.0 Å². The molecule has 0 heterocycles. The molecule has 0 spiro atoms. The van der Waals surface area contributed by atoms with Gasteiger partial charge in [0.1, 0.15) is 6.54 Å². The van der Waals surface area contributed by atoms with Gasteiger partial charge in [-0.25, -0.2) is 8.42 Å². The Kier molecular flexibility index (Phi) is 7.92. The maximum Gasteiger partial charge on any atom is 0.321 e. The number of rotatable bonds is 9. The van der Waals surface area contributed by atoms with Gasteiger partial charge in [-0.1, -0.05) is 54.4 Å². The van der Waals surface area contributed by atoms with Crippen LogP contribution in [0.25, 0.3) is 0 Å². The normalized spacial score (nSPS) is 12.2. The fourth-order valence-corrected chi connectivity index (χ4v) is 3.58. The predicted octanol–water partition coefficient (Wildman–Crippen LogP) is 2.39. The van der Waals surface area contributed by atoms with E-state index in [2.05, 4.69) is 10.0 Å². The Balaban J connectivity index is 1.81. The monoisotopic (exact) mass is 418 g/mol. The maximum atomic E-state index is 12.2. The molecule has 0 aromatic heterocycles. The van der Waals surface area contributed by atoms with Gasteiger partial charge in [-0.15, -0.1) is 0 Å². The molecule has 29 heavy (non-hydrogen) atoms. The third kappa shape index (κ3) is 6.99. The van der Waals surface area contributed by atoms with E-state index in [1.807, 2.05) is 45.0 Å². The van der Waals surface area contributed by atoms with Crippen LogP contribution in [0.3, 0.4) is 0 Å². The lowest BCUT2D eigenvalue weighted by atomic mass is 10.0. The smallest absolute Gasteiger partial charge is 0.321 e. The largest absolute Gasteiger partial charge is 0.455 e. The van der Waals surface area contributed by atoms with Crippen molar-refractivity contribution in [3.63, 3.8) is 0 Å². The second kappa shape index (κ2) is 10.2. The van der Waals surface area contributed by atoms with E-state index in [1.165, 1.54) is 12.1 Å². The van der Waals surface area contributed by atoms with E-state index in [4.69, 9.17) is 4.74 Å². The molecule has 0 saturated carbocycles. The number of nitrogens with one attached hydrogen (secondary N) is 2. The molecule has 7 nitrogen and oxygen atoms in total. The van der Waals surface area contributed by atoms with Crippen molar-refractivity contribution in [1.82, 2.24) is 10.0 Å². The fourth-order valence-electron chi connectivity index (χ4n) is 2.61. The average molecular weight is 419 g/mol. The lowest BCUT2D eigenvalue weighted by Crippen LogP contribution is -2.35. The van der Waals surface area contributed by atoms with Gasteiger partial charge in [-0.2, -0.15) is 4.72 Å². The Morgan fingerprint density at radius 2 is 1.52 bits per heavy atom. The minimum Gasteiger partial charge on any atom is -0.455 e. The van der Waals surface area contributed by atoms with Crippen LogP contribution in [0, 0.1) is 13.8 Å². The number of amides is 1. The molecule has 0 bridgehead atoms. The van der Waals surface area contributed by atoms with Crippen molar-refractivity contribution in [2.24, 2.45) is 0 Å². The number of hydrogen-bond acceptors (Lipinski definition) is 5. The molecule has 0 aliphatic carbocycles. The van der Waals surface area contributed by atoms with E-state index >= 15 is 0 Å². The topological polar surface area (TPSA) is 102 Å². The van der Waals surface area contributed by atoms with Gasteiger partial charge >= 0.3 is 5.97 Å². The van der Waals surface area contributed by atoms with Crippen LogP contribution in [-0.4, -0.2) is 33.4 Å². The molecule has 1 atom stereocenters. The molecule has 0 saturated heterocycles. The zero-order valence-electron chi connectivity index (χ0n) is 16.8. The summed E-state index contributed by atoms with van der Waals surface area (Å²) in [6, 6.07) is 13.8. The third-order valence-corrected chi connectivity index (χ3v) is 5.74. The zero-order valence-corrected chi connectivity index (χ0v) is 17.6. The summed E-state index contributed by atoms with van der Waals surface area (Å²) < 4.78 is 31.4. The van der Waals surface area contributed by atoms with Crippen LogP contribution in [0.15, 0.2) is 53.4 Å². The van der Waals surface area contributed by atoms with E-state index in [9.17, 15) is 18.0 Å². The zero-order chi connectivity index (χ0) is 21.4. The molecular formula is C21H26N2O5S. The summed E-state index contributed by atoms with van der Waals surface area (Å²) in [5.74, 6) is -1.29. The first-order valence-electron chi connectivity index (χ1n) is 9.29. The van der Waals surface area contributed by atoms with Gasteiger partial charge in [0.05, 0.1) is 10.9 Å². The molecule has 0 radical (unpaired) electrons. The van der Waals surface area contributed by atoms with Crippen LogP contribution in [0.2, 0.25) is 0 Å². The Bertz CT molecular complexity index is 938. The third-order valence-electron chi connectivity index (χ3n) is 4.33. The molecule has 2 rings (SSSR count). The number of carbonyl (C=O) groups excluding carboxylic acids is 2. The van der Waals surface area contributed by atoms with Gasteiger partial charge in [0.25, 0.3) is 5.91 Å². The van der Waals surface area contributed by atoms with Gasteiger partial charge in [-0.3, -0.25) is 9.59 Å². The summed E-state index contributed by atoms with van der Waals surface area (Å²) >= 11 is 0. The Labute approximate surface area is 171 Å². The molecule has 0 fully saturated rings. The molecule has 2 aromatic rings. The average Bonchev–Trinajstić information content (AvgIpc) is 2.70. The molecule has 2 N–H and O–H groups in total. The quantitative estimate of drug-likeness (QED) is 0.609. The van der Waals surface area contributed by atoms with Crippen molar-refractivity contribution in [2.45, 2.75) is 38.1 Å². The molecule has 0 aliphatic heterocycles. The summed E-state index contributed by atoms with van der Waals surface area (Å²) in [5, 5.41) is 2.81. The highest BCUT2D eigenvalue weighted by Crippen LogP contribution is 2.17. The number of esters is 1. The Morgan fingerprint density at radius 3 is 2.07 bits per heavy atom. The molecular weight excluding hydrogens is 392 g/mol. The highest BCUT2D eigenvalue weighted by Gasteiger charge is 2.17. The van der Waals surface area contributed by atoms with Crippen molar-refractivity contribution in [2.75, 3.05) is 13.2 Å². The summed E-state index contributed by atoms with van der Waals surface area (Å²) in [6.45, 7) is 4.73. The number of aryl methyl sites for hydroxylation is 2. The number of hydrogen-bond donors (Lipinski definition) is 2. The first-order chi connectivity index (χ1) is 13.7. The number of ether oxygens (including phenoxy) is 1. The Morgan fingerprint density at radius 1 is 0.966 bits per heavy atom. The summed E-state index contributed by atoms with van der Waals surface area (Å²) in [7, 11) is -3.82. The van der Waals surface area contributed by atoms with E-state index in [0.29, 0.717) is 6.42 Å². The van der Waals surface area contributed by atoms with Crippen molar-refractivity contribution in [3.05, 3.63) is 65.2 Å². The van der Waals surface area contributed by atoms with Crippen LogP contribution >= 0.6 is 0 Å². The first kappa shape index (κ1) is 22.6. The number of sulfonamides is 1. The number of carbonyl (C=O) groups is 2. The van der Waals surface area contributed by atoms with Crippen molar-refractivity contribution in [1.29, 1.82) is 0 Å². The molecule has 0 aliphatic rings. The Hall–Kier alpha value is -2.71. The first-order valence-corrected chi connectivity index (χ1v) is 10.8. The van der Waals surface area contributed by atoms with E-state index in [-0.39, 0.29) is 10.9 Å². The van der Waals surface area contributed by atoms with E-state index in [1.54, 1.807) is 12.1 Å². The van der Waals surface area contributed by atoms with Crippen molar-refractivity contribution >= 4 is 21.9 Å². The minimum atomic E-state index is -3.82. The number of benzene rings is 2. The van der Waals surface area contributed by atoms with Crippen molar-refractivity contribution in [3.8, 4) is 0 Å². The molecule has 1 amide bonds. The lowest BCUT2D eigenvalue weighted by molar-refractivity contribution is -0.147. The maximum absolute atomic E-state index is 12.2. The predicted molar refractivity (Wildman–Crippen MR) is 110 cm³/mol. The molecule has 8 heteroatoms. The van der Waals surface area contributed by atoms with E-state index < -0.39 is 35.1 Å². The van der Waals surface area contributed by atoms with E-state index in [0.717, 1.165) is 16.7 Å². The van der Waals surface area contributed by atoms with Crippen LogP contribution in [0.5, 0.6) is 0 Å². The van der Waals surface area contributed by atoms with Crippen LogP contribution < -0.4 is 10.0 Å². The standard InChI is InChI=1S/C21H26N2O5S/c1-4-19(17-9-5-15(2)6-10-17)23-20(24)14-28-21(25)13-22-29(26,27)18-11-7-16(3)8-12-18/h5-12,19,22H,4,13-14H2,1-3H3,(H,23,24)/t19-/m1/s1. The fraction of sp³-hybridized carbons (Fsp3) is 0.333. The SMILES string of the molecule is CC[C@@H](NC(=O)COC(=O)CNS(=O)(=O)c1ccc(C)cc1)c1ccc(C)cc1. The van der Waals surface area contributed by atoms with Crippen molar-refractivity contribution < 1.29 is 22.7 Å². The highest BCUT2D eigenvalue weighted by atomic mass is 32.2.